The summed E-state index contributed by atoms with van der Waals surface area (Å²) in [5, 5.41) is 5.76. The SMILES string of the molecule is Cc1cc(C(=O)NCc2ccc(NC(=O)c3ccco3)cc2)c(C)n1C1CC1. The second-order valence-corrected chi connectivity index (χ2v) is 7.20. The largest absolute Gasteiger partial charge is 0.459 e. The number of aromatic nitrogens is 1. The Labute approximate surface area is 163 Å². The quantitative estimate of drug-likeness (QED) is 0.675. The van der Waals surface area contributed by atoms with Crippen LogP contribution in [-0.4, -0.2) is 16.4 Å². The highest BCUT2D eigenvalue weighted by molar-refractivity contribution is 6.02. The van der Waals surface area contributed by atoms with Gasteiger partial charge in [-0.15, -0.1) is 0 Å². The molecule has 0 radical (unpaired) electrons. The number of furan rings is 1. The first-order valence-electron chi connectivity index (χ1n) is 9.43. The van der Waals surface area contributed by atoms with Gasteiger partial charge >= 0.3 is 0 Å². The molecule has 1 fully saturated rings. The standard InChI is InChI=1S/C22H23N3O3/c1-14-12-19(15(2)25(14)18-9-10-18)21(26)23-13-16-5-7-17(8-6-16)24-22(27)20-4-3-11-28-20/h3-8,11-12,18H,9-10,13H2,1-2H3,(H,23,26)(H,24,27). The summed E-state index contributed by atoms with van der Waals surface area (Å²) in [6.07, 6.45) is 3.85. The second kappa shape index (κ2) is 7.38. The summed E-state index contributed by atoms with van der Waals surface area (Å²) in [4.78, 5) is 24.6. The number of carbonyl (C=O) groups excluding carboxylic acids is 2. The average Bonchev–Trinajstić information content (AvgIpc) is 3.25. The van der Waals surface area contributed by atoms with Gasteiger partial charge < -0.3 is 19.6 Å². The van der Waals surface area contributed by atoms with Crippen LogP contribution in [0.5, 0.6) is 0 Å². The molecule has 1 aliphatic carbocycles. The number of hydrogen-bond donors (Lipinski definition) is 2. The highest BCUT2D eigenvalue weighted by Crippen LogP contribution is 2.38. The monoisotopic (exact) mass is 377 g/mol. The molecule has 0 saturated heterocycles. The maximum Gasteiger partial charge on any atom is 0.291 e. The lowest BCUT2D eigenvalue weighted by atomic mass is 10.2. The first-order chi connectivity index (χ1) is 13.5. The van der Waals surface area contributed by atoms with Crippen molar-refractivity contribution in [1.29, 1.82) is 0 Å². The number of nitrogens with zero attached hydrogens (tertiary/aromatic N) is 1. The van der Waals surface area contributed by atoms with Crippen molar-refractivity contribution in [2.75, 3.05) is 5.32 Å². The number of aryl methyl sites for hydroxylation is 1. The molecule has 1 aromatic carbocycles. The van der Waals surface area contributed by atoms with E-state index in [0.29, 0.717) is 18.3 Å². The Balaban J connectivity index is 1.35. The van der Waals surface area contributed by atoms with E-state index < -0.39 is 0 Å². The van der Waals surface area contributed by atoms with Crippen molar-refractivity contribution >= 4 is 17.5 Å². The van der Waals surface area contributed by atoms with Crippen molar-refractivity contribution < 1.29 is 14.0 Å². The van der Waals surface area contributed by atoms with Gasteiger partial charge in [0.2, 0.25) is 0 Å². The highest BCUT2D eigenvalue weighted by Gasteiger charge is 2.28. The van der Waals surface area contributed by atoms with Crippen LogP contribution < -0.4 is 10.6 Å². The summed E-state index contributed by atoms with van der Waals surface area (Å²) < 4.78 is 7.34. The first-order valence-corrected chi connectivity index (χ1v) is 9.43. The van der Waals surface area contributed by atoms with E-state index in [2.05, 4.69) is 22.1 Å². The van der Waals surface area contributed by atoms with Gasteiger partial charge in [0.25, 0.3) is 11.8 Å². The molecule has 2 N–H and O–H groups in total. The molecule has 4 rings (SSSR count). The predicted molar refractivity (Wildman–Crippen MR) is 106 cm³/mol. The number of nitrogens with one attached hydrogen (secondary N) is 2. The van der Waals surface area contributed by atoms with Gasteiger partial charge in [0, 0.05) is 29.7 Å². The van der Waals surface area contributed by atoms with Crippen LogP contribution >= 0.6 is 0 Å². The van der Waals surface area contributed by atoms with E-state index >= 15 is 0 Å². The van der Waals surface area contributed by atoms with Gasteiger partial charge in [-0.05, 0) is 62.6 Å². The third kappa shape index (κ3) is 3.71. The molecule has 3 aromatic rings. The van der Waals surface area contributed by atoms with Gasteiger partial charge in [-0.2, -0.15) is 0 Å². The van der Waals surface area contributed by atoms with E-state index in [0.717, 1.165) is 22.5 Å². The molecule has 6 heteroatoms. The third-order valence-corrected chi connectivity index (χ3v) is 5.05. The number of carbonyl (C=O) groups is 2. The lowest BCUT2D eigenvalue weighted by Crippen LogP contribution is -2.23. The fourth-order valence-electron chi connectivity index (χ4n) is 3.49. The number of anilines is 1. The van der Waals surface area contributed by atoms with Crippen molar-refractivity contribution in [3.05, 3.63) is 77.0 Å². The molecular weight excluding hydrogens is 354 g/mol. The molecule has 2 amide bonds. The van der Waals surface area contributed by atoms with Gasteiger partial charge in [-0.25, -0.2) is 0 Å². The van der Waals surface area contributed by atoms with Crippen LogP contribution in [0.4, 0.5) is 5.69 Å². The van der Waals surface area contributed by atoms with Crippen LogP contribution in [0.25, 0.3) is 0 Å². The van der Waals surface area contributed by atoms with Crippen molar-refractivity contribution in [1.82, 2.24) is 9.88 Å². The minimum atomic E-state index is -0.294. The Hall–Kier alpha value is -3.28. The highest BCUT2D eigenvalue weighted by atomic mass is 16.3. The summed E-state index contributed by atoms with van der Waals surface area (Å²) in [6.45, 7) is 4.49. The van der Waals surface area contributed by atoms with Crippen molar-refractivity contribution in [2.24, 2.45) is 0 Å². The number of hydrogen-bond acceptors (Lipinski definition) is 3. The van der Waals surface area contributed by atoms with Gasteiger partial charge in [0.15, 0.2) is 5.76 Å². The van der Waals surface area contributed by atoms with Crippen LogP contribution in [-0.2, 0) is 6.54 Å². The minimum Gasteiger partial charge on any atom is -0.459 e. The van der Waals surface area contributed by atoms with E-state index in [-0.39, 0.29) is 17.6 Å². The molecule has 6 nitrogen and oxygen atoms in total. The van der Waals surface area contributed by atoms with Crippen molar-refractivity contribution in [3.63, 3.8) is 0 Å². The third-order valence-electron chi connectivity index (χ3n) is 5.05. The summed E-state index contributed by atoms with van der Waals surface area (Å²) >= 11 is 0. The Morgan fingerprint density at radius 3 is 2.50 bits per heavy atom. The predicted octanol–water partition coefficient (Wildman–Crippen LogP) is 4.22. The van der Waals surface area contributed by atoms with Crippen LogP contribution in [0.2, 0.25) is 0 Å². The zero-order valence-corrected chi connectivity index (χ0v) is 16.0. The van der Waals surface area contributed by atoms with E-state index in [1.54, 1.807) is 24.3 Å². The van der Waals surface area contributed by atoms with Crippen LogP contribution in [0.1, 0.15) is 56.7 Å². The Morgan fingerprint density at radius 1 is 1.11 bits per heavy atom. The molecule has 0 aliphatic heterocycles. The topological polar surface area (TPSA) is 76.3 Å². The van der Waals surface area contributed by atoms with E-state index in [1.165, 1.54) is 19.1 Å². The second-order valence-electron chi connectivity index (χ2n) is 7.20. The van der Waals surface area contributed by atoms with Crippen molar-refractivity contribution in [3.8, 4) is 0 Å². The molecule has 0 atom stereocenters. The van der Waals surface area contributed by atoms with E-state index in [9.17, 15) is 9.59 Å². The molecule has 144 valence electrons. The van der Waals surface area contributed by atoms with Gasteiger partial charge in [-0.1, -0.05) is 12.1 Å². The normalized spacial score (nSPS) is 13.4. The van der Waals surface area contributed by atoms with Crippen LogP contribution in [0.3, 0.4) is 0 Å². The summed E-state index contributed by atoms with van der Waals surface area (Å²) in [6, 6.07) is 13.2. The van der Waals surface area contributed by atoms with Crippen molar-refractivity contribution in [2.45, 2.75) is 39.3 Å². The zero-order valence-electron chi connectivity index (χ0n) is 16.0. The molecule has 2 heterocycles. The molecule has 1 saturated carbocycles. The fourth-order valence-corrected chi connectivity index (χ4v) is 3.49. The summed E-state index contributed by atoms with van der Waals surface area (Å²) in [5.74, 6) is -0.0904. The fraction of sp³-hybridized carbons (Fsp3) is 0.273. The maximum absolute atomic E-state index is 12.6. The van der Waals surface area contributed by atoms with Gasteiger partial charge in [0.05, 0.1) is 11.8 Å². The molecule has 0 unspecified atom stereocenters. The maximum atomic E-state index is 12.6. The number of rotatable bonds is 6. The smallest absolute Gasteiger partial charge is 0.291 e. The zero-order chi connectivity index (χ0) is 19.7. The molecular formula is C22H23N3O3. The van der Waals surface area contributed by atoms with Gasteiger partial charge in [0.1, 0.15) is 0 Å². The van der Waals surface area contributed by atoms with Crippen LogP contribution in [0.15, 0.2) is 53.1 Å². The molecule has 0 bridgehead atoms. The molecule has 1 aliphatic rings. The van der Waals surface area contributed by atoms with Crippen LogP contribution in [0, 0.1) is 13.8 Å². The Bertz CT molecular complexity index is 997. The van der Waals surface area contributed by atoms with E-state index in [1.807, 2.05) is 25.1 Å². The molecule has 0 spiro atoms. The average molecular weight is 377 g/mol. The minimum absolute atomic E-state index is 0.0600. The first kappa shape index (κ1) is 18.1. The lowest BCUT2D eigenvalue weighted by molar-refractivity contribution is 0.0949. The Kier molecular flexibility index (Phi) is 4.77. The van der Waals surface area contributed by atoms with Gasteiger partial charge in [-0.3, -0.25) is 9.59 Å². The Morgan fingerprint density at radius 2 is 1.86 bits per heavy atom. The molecule has 2 aromatic heterocycles. The lowest BCUT2D eigenvalue weighted by Gasteiger charge is -2.09. The van der Waals surface area contributed by atoms with E-state index in [4.69, 9.17) is 4.42 Å². The summed E-state index contributed by atoms with van der Waals surface area (Å²) in [7, 11) is 0. The number of amides is 2. The summed E-state index contributed by atoms with van der Waals surface area (Å²) in [5.41, 5.74) is 4.55. The molecule has 28 heavy (non-hydrogen) atoms. The number of benzene rings is 1.